The summed E-state index contributed by atoms with van der Waals surface area (Å²) in [5.74, 6) is 0.695. The van der Waals surface area contributed by atoms with Crippen molar-refractivity contribution in [2.75, 3.05) is 0 Å². The largest absolute Gasteiger partial charge is 0.327 e. The molecular weight excluding hydrogens is 230 g/mol. The molecule has 2 atom stereocenters. The summed E-state index contributed by atoms with van der Waals surface area (Å²) in [6.07, 6.45) is 3.36. The molecular formula is C18H31N. The van der Waals surface area contributed by atoms with E-state index in [0.717, 1.165) is 12.8 Å². The minimum absolute atomic E-state index is 0.276. The van der Waals surface area contributed by atoms with Crippen molar-refractivity contribution in [2.45, 2.75) is 66.8 Å². The third kappa shape index (κ3) is 6.24. The van der Waals surface area contributed by atoms with Crippen LogP contribution in [0.2, 0.25) is 0 Å². The van der Waals surface area contributed by atoms with Crippen molar-refractivity contribution in [3.8, 4) is 0 Å². The first-order valence-corrected chi connectivity index (χ1v) is 7.49. The van der Waals surface area contributed by atoms with Gasteiger partial charge in [0, 0.05) is 6.04 Å². The fourth-order valence-electron chi connectivity index (χ4n) is 3.03. The Morgan fingerprint density at radius 1 is 1.16 bits per heavy atom. The summed E-state index contributed by atoms with van der Waals surface area (Å²) in [5, 5.41) is 0. The van der Waals surface area contributed by atoms with Crippen LogP contribution in [-0.2, 0) is 6.42 Å². The third-order valence-corrected chi connectivity index (χ3v) is 3.65. The average molecular weight is 261 g/mol. The van der Waals surface area contributed by atoms with Crippen LogP contribution < -0.4 is 5.73 Å². The van der Waals surface area contributed by atoms with Crippen molar-refractivity contribution in [1.29, 1.82) is 0 Å². The van der Waals surface area contributed by atoms with Crippen LogP contribution in [0.5, 0.6) is 0 Å². The smallest absolute Gasteiger partial charge is 0.00819 e. The molecule has 2 unspecified atom stereocenters. The Labute approximate surface area is 119 Å². The molecule has 0 saturated carbocycles. The number of hydrogen-bond donors (Lipinski definition) is 1. The summed E-state index contributed by atoms with van der Waals surface area (Å²) in [6, 6.07) is 6.93. The Balaban J connectivity index is 2.55. The number of nitrogens with two attached hydrogens (primary N) is 1. The van der Waals surface area contributed by atoms with Gasteiger partial charge >= 0.3 is 0 Å². The standard InChI is InChI=1S/C18H31N/c1-13-7-8-15(3)16(9-13)11-17(19)10-14(2)12-18(4,5)6/h7-9,14,17H,10-12,19H2,1-6H3. The van der Waals surface area contributed by atoms with Gasteiger partial charge in [0.2, 0.25) is 0 Å². The van der Waals surface area contributed by atoms with Crippen molar-refractivity contribution in [3.05, 3.63) is 34.9 Å². The highest BCUT2D eigenvalue weighted by Gasteiger charge is 2.18. The minimum Gasteiger partial charge on any atom is -0.327 e. The molecule has 0 aliphatic rings. The number of aryl methyl sites for hydroxylation is 2. The first-order chi connectivity index (χ1) is 8.67. The maximum absolute atomic E-state index is 6.34. The van der Waals surface area contributed by atoms with Gasteiger partial charge in [-0.25, -0.2) is 0 Å². The monoisotopic (exact) mass is 261 g/mol. The summed E-state index contributed by atoms with van der Waals surface area (Å²) < 4.78 is 0. The predicted molar refractivity (Wildman–Crippen MR) is 85.4 cm³/mol. The third-order valence-electron chi connectivity index (χ3n) is 3.65. The molecule has 0 amide bonds. The molecule has 0 aromatic heterocycles. The number of rotatable bonds is 5. The van der Waals surface area contributed by atoms with Gasteiger partial charge in [0.25, 0.3) is 0 Å². The number of hydrogen-bond acceptors (Lipinski definition) is 1. The van der Waals surface area contributed by atoms with E-state index in [4.69, 9.17) is 5.73 Å². The molecule has 19 heavy (non-hydrogen) atoms. The van der Waals surface area contributed by atoms with Gasteiger partial charge in [-0.15, -0.1) is 0 Å². The molecule has 0 heterocycles. The molecule has 0 radical (unpaired) electrons. The Hall–Kier alpha value is -0.820. The Morgan fingerprint density at radius 2 is 1.79 bits per heavy atom. The second-order valence-electron chi connectivity index (χ2n) is 7.50. The first kappa shape index (κ1) is 16.2. The lowest BCUT2D eigenvalue weighted by molar-refractivity contribution is 0.285. The van der Waals surface area contributed by atoms with E-state index in [1.165, 1.54) is 23.1 Å². The Morgan fingerprint density at radius 3 is 2.37 bits per heavy atom. The molecule has 1 aromatic rings. The highest BCUT2D eigenvalue weighted by molar-refractivity contribution is 5.31. The van der Waals surface area contributed by atoms with Crippen LogP contribution in [0.15, 0.2) is 18.2 Å². The average Bonchev–Trinajstić information content (AvgIpc) is 2.20. The van der Waals surface area contributed by atoms with E-state index in [1.54, 1.807) is 0 Å². The van der Waals surface area contributed by atoms with Crippen molar-refractivity contribution < 1.29 is 0 Å². The summed E-state index contributed by atoms with van der Waals surface area (Å²) in [7, 11) is 0. The minimum atomic E-state index is 0.276. The fraction of sp³-hybridized carbons (Fsp3) is 0.667. The van der Waals surface area contributed by atoms with Crippen LogP contribution in [0.3, 0.4) is 0 Å². The van der Waals surface area contributed by atoms with Crippen molar-refractivity contribution >= 4 is 0 Å². The molecule has 1 nitrogen and oxygen atoms in total. The van der Waals surface area contributed by atoms with Gasteiger partial charge in [0.15, 0.2) is 0 Å². The summed E-state index contributed by atoms with van der Waals surface area (Å²) in [5.41, 5.74) is 10.9. The van der Waals surface area contributed by atoms with Crippen molar-refractivity contribution in [2.24, 2.45) is 17.1 Å². The lowest BCUT2D eigenvalue weighted by atomic mass is 9.82. The quantitative estimate of drug-likeness (QED) is 0.821. The van der Waals surface area contributed by atoms with E-state index in [0.29, 0.717) is 11.3 Å². The van der Waals surface area contributed by atoms with E-state index in [2.05, 4.69) is 59.7 Å². The van der Waals surface area contributed by atoms with Crippen molar-refractivity contribution in [1.82, 2.24) is 0 Å². The number of benzene rings is 1. The molecule has 1 heteroatoms. The van der Waals surface area contributed by atoms with Crippen LogP contribution in [0.1, 0.15) is 57.2 Å². The summed E-state index contributed by atoms with van der Waals surface area (Å²) in [6.45, 7) is 13.6. The summed E-state index contributed by atoms with van der Waals surface area (Å²) >= 11 is 0. The molecule has 0 fully saturated rings. The van der Waals surface area contributed by atoms with Gasteiger partial charge in [-0.3, -0.25) is 0 Å². The van der Waals surface area contributed by atoms with Gasteiger partial charge in [0.05, 0.1) is 0 Å². The SMILES string of the molecule is Cc1ccc(C)c(CC(N)CC(C)CC(C)(C)C)c1. The molecule has 1 aromatic carbocycles. The van der Waals surface area contributed by atoms with E-state index >= 15 is 0 Å². The zero-order valence-electron chi connectivity index (χ0n) is 13.6. The molecule has 108 valence electrons. The van der Waals surface area contributed by atoms with Crippen LogP contribution >= 0.6 is 0 Å². The van der Waals surface area contributed by atoms with E-state index in [-0.39, 0.29) is 6.04 Å². The molecule has 0 saturated heterocycles. The molecule has 0 bridgehead atoms. The topological polar surface area (TPSA) is 26.0 Å². The highest BCUT2D eigenvalue weighted by Crippen LogP contribution is 2.27. The maximum Gasteiger partial charge on any atom is 0.00819 e. The zero-order chi connectivity index (χ0) is 14.6. The maximum atomic E-state index is 6.34. The van der Waals surface area contributed by atoms with Crippen LogP contribution in [0.4, 0.5) is 0 Å². The van der Waals surface area contributed by atoms with Gasteiger partial charge < -0.3 is 5.73 Å². The van der Waals surface area contributed by atoms with Crippen molar-refractivity contribution in [3.63, 3.8) is 0 Å². The second kappa shape index (κ2) is 6.56. The van der Waals surface area contributed by atoms with Gasteiger partial charge in [0.1, 0.15) is 0 Å². The molecule has 2 N–H and O–H groups in total. The first-order valence-electron chi connectivity index (χ1n) is 7.49. The summed E-state index contributed by atoms with van der Waals surface area (Å²) in [4.78, 5) is 0. The van der Waals surface area contributed by atoms with E-state index in [1.807, 2.05) is 0 Å². The highest BCUT2D eigenvalue weighted by atomic mass is 14.6. The lowest BCUT2D eigenvalue weighted by Gasteiger charge is -2.25. The van der Waals surface area contributed by atoms with E-state index < -0.39 is 0 Å². The van der Waals surface area contributed by atoms with Crippen LogP contribution in [0.25, 0.3) is 0 Å². The second-order valence-corrected chi connectivity index (χ2v) is 7.50. The zero-order valence-corrected chi connectivity index (χ0v) is 13.6. The Bertz CT molecular complexity index is 401. The normalized spacial score (nSPS) is 15.3. The molecule has 0 aliphatic carbocycles. The van der Waals surface area contributed by atoms with Crippen LogP contribution in [-0.4, -0.2) is 6.04 Å². The molecule has 1 rings (SSSR count). The molecule has 0 aliphatic heterocycles. The lowest BCUT2D eigenvalue weighted by Crippen LogP contribution is -2.27. The van der Waals surface area contributed by atoms with Crippen LogP contribution in [0, 0.1) is 25.2 Å². The van der Waals surface area contributed by atoms with Gasteiger partial charge in [-0.2, -0.15) is 0 Å². The Kier molecular flexibility index (Phi) is 5.61. The van der Waals surface area contributed by atoms with Gasteiger partial charge in [-0.05, 0) is 55.6 Å². The van der Waals surface area contributed by atoms with Gasteiger partial charge in [-0.1, -0.05) is 51.5 Å². The fourth-order valence-corrected chi connectivity index (χ4v) is 3.03. The van der Waals surface area contributed by atoms with E-state index in [9.17, 15) is 0 Å². The molecule has 0 spiro atoms. The predicted octanol–water partition coefficient (Wildman–Crippen LogP) is 4.64.